The zero-order chi connectivity index (χ0) is 17.9. The van der Waals surface area contributed by atoms with Gasteiger partial charge in [-0.3, -0.25) is 15.0 Å². The first-order valence-corrected chi connectivity index (χ1v) is 9.62. The highest BCUT2D eigenvalue weighted by Crippen LogP contribution is 2.28. The molecule has 2 amide bonds. The van der Waals surface area contributed by atoms with Crippen molar-refractivity contribution in [3.8, 4) is 0 Å². The summed E-state index contributed by atoms with van der Waals surface area (Å²) in [4.78, 5) is 26.8. The van der Waals surface area contributed by atoms with Crippen LogP contribution in [0, 0.1) is 5.92 Å². The molecule has 8 heteroatoms. The molecule has 0 bridgehead atoms. The summed E-state index contributed by atoms with van der Waals surface area (Å²) in [6, 6.07) is 8.24. The van der Waals surface area contributed by atoms with Crippen molar-refractivity contribution in [2.24, 2.45) is 5.92 Å². The number of halogens is 1. The molecule has 2 fully saturated rings. The summed E-state index contributed by atoms with van der Waals surface area (Å²) in [7, 11) is 0. The molecule has 3 atom stereocenters. The summed E-state index contributed by atoms with van der Waals surface area (Å²) in [5.41, 5.74) is 8.64. The number of amides is 2. The zero-order valence-corrected chi connectivity index (χ0v) is 16.2. The second-order valence-corrected chi connectivity index (χ2v) is 7.35. The molecule has 3 unspecified atom stereocenters. The van der Waals surface area contributed by atoms with Gasteiger partial charge < -0.3 is 15.5 Å². The number of fused-ring (bicyclic) bond motifs is 2. The van der Waals surface area contributed by atoms with Gasteiger partial charge in [0.05, 0.1) is 0 Å². The van der Waals surface area contributed by atoms with Crippen LogP contribution in [0.2, 0.25) is 0 Å². The van der Waals surface area contributed by atoms with Crippen molar-refractivity contribution < 1.29 is 9.59 Å². The van der Waals surface area contributed by atoms with Gasteiger partial charge >= 0.3 is 0 Å². The molecule has 3 aliphatic heterocycles. The number of nitrogens with zero attached hydrogens (tertiary/aromatic N) is 1. The molecular formula is C19H28ClN5O2. The van der Waals surface area contributed by atoms with E-state index >= 15 is 0 Å². The Hall–Kier alpha value is -1.67. The lowest BCUT2D eigenvalue weighted by molar-refractivity contribution is -0.124. The van der Waals surface area contributed by atoms with Gasteiger partial charge in [-0.05, 0) is 37.4 Å². The number of carbonyl (C=O) groups is 2. The highest BCUT2D eigenvalue weighted by Gasteiger charge is 2.40. The monoisotopic (exact) mass is 393 g/mol. The molecule has 0 saturated carbocycles. The lowest BCUT2D eigenvalue weighted by atomic mass is 9.89. The molecule has 0 aromatic heterocycles. The molecular weight excluding hydrogens is 366 g/mol. The summed E-state index contributed by atoms with van der Waals surface area (Å²) in [6.45, 7) is 3.14. The van der Waals surface area contributed by atoms with Crippen molar-refractivity contribution in [3.63, 3.8) is 0 Å². The predicted molar refractivity (Wildman–Crippen MR) is 107 cm³/mol. The molecule has 1 aromatic rings. The maximum Gasteiger partial charge on any atom is 0.238 e. The lowest BCUT2D eigenvalue weighted by Crippen LogP contribution is -2.49. The largest absolute Gasteiger partial charge is 0.355 e. The number of rotatable bonds is 5. The fourth-order valence-electron chi connectivity index (χ4n) is 4.27. The average molecular weight is 394 g/mol. The maximum atomic E-state index is 12.5. The van der Waals surface area contributed by atoms with Crippen molar-refractivity contribution in [3.05, 3.63) is 29.8 Å². The topological polar surface area (TPSA) is 85.5 Å². The zero-order valence-electron chi connectivity index (χ0n) is 15.4. The average Bonchev–Trinajstić information content (AvgIpc) is 3.29. The Labute approximate surface area is 166 Å². The molecule has 4 rings (SSSR count). The molecule has 0 radical (unpaired) electrons. The Bertz CT molecular complexity index is 686. The molecule has 3 aliphatic rings. The van der Waals surface area contributed by atoms with Crippen molar-refractivity contribution in [1.82, 2.24) is 21.5 Å². The quantitative estimate of drug-likeness (QED) is 0.542. The van der Waals surface area contributed by atoms with Crippen LogP contribution in [0.1, 0.15) is 24.8 Å². The van der Waals surface area contributed by atoms with Crippen molar-refractivity contribution in [2.75, 3.05) is 31.1 Å². The molecule has 2 saturated heterocycles. The van der Waals surface area contributed by atoms with Crippen molar-refractivity contribution in [1.29, 1.82) is 0 Å². The van der Waals surface area contributed by atoms with E-state index in [1.54, 1.807) is 0 Å². The third-order valence-electron chi connectivity index (χ3n) is 5.72. The third-order valence-corrected chi connectivity index (χ3v) is 5.72. The summed E-state index contributed by atoms with van der Waals surface area (Å²) in [5, 5.41) is 6.34. The van der Waals surface area contributed by atoms with Crippen molar-refractivity contribution >= 4 is 29.9 Å². The van der Waals surface area contributed by atoms with E-state index in [0.29, 0.717) is 25.4 Å². The fraction of sp³-hybridized carbons (Fsp3) is 0.579. The number of hydrogen-bond donors (Lipinski definition) is 4. The normalized spacial score (nSPS) is 26.1. The van der Waals surface area contributed by atoms with Gasteiger partial charge in [-0.2, -0.15) is 0 Å². The number of para-hydroxylation sites is 1. The van der Waals surface area contributed by atoms with Crippen LogP contribution in [0.3, 0.4) is 0 Å². The second-order valence-electron chi connectivity index (χ2n) is 7.35. The molecule has 27 heavy (non-hydrogen) atoms. The second kappa shape index (κ2) is 9.01. The number of piperidine rings is 1. The number of hydrazine groups is 1. The Morgan fingerprint density at radius 2 is 2.07 bits per heavy atom. The van der Waals surface area contributed by atoms with E-state index in [1.165, 1.54) is 5.56 Å². The van der Waals surface area contributed by atoms with Crippen LogP contribution < -0.4 is 26.4 Å². The Morgan fingerprint density at radius 3 is 2.96 bits per heavy atom. The van der Waals surface area contributed by atoms with E-state index in [0.717, 1.165) is 38.2 Å². The standard InChI is InChI=1S/C19H27N5O2.ClH/c25-17(24-11-8-13-4-1-2-5-16(13)24)6-3-9-21-19(26)18-14-12-20-10-7-15(14)22-23-18;/h1-2,4-5,14-15,18,20,22-23H,3,6-12H2,(H,21,26);1H. The van der Waals surface area contributed by atoms with Gasteiger partial charge in [0.2, 0.25) is 11.8 Å². The van der Waals surface area contributed by atoms with Crippen LogP contribution in [0.4, 0.5) is 5.69 Å². The Kier molecular flexibility index (Phi) is 6.70. The van der Waals surface area contributed by atoms with E-state index < -0.39 is 0 Å². The highest BCUT2D eigenvalue weighted by atomic mass is 35.5. The van der Waals surface area contributed by atoms with Crippen LogP contribution in [0.25, 0.3) is 0 Å². The minimum absolute atomic E-state index is 0. The van der Waals surface area contributed by atoms with Gasteiger partial charge in [0.15, 0.2) is 0 Å². The van der Waals surface area contributed by atoms with E-state index in [9.17, 15) is 9.59 Å². The Balaban J connectivity index is 0.00000210. The third kappa shape index (κ3) is 4.27. The first-order chi connectivity index (χ1) is 12.7. The Morgan fingerprint density at radius 1 is 1.22 bits per heavy atom. The molecule has 3 heterocycles. The smallest absolute Gasteiger partial charge is 0.238 e. The number of nitrogens with one attached hydrogen (secondary N) is 4. The van der Waals surface area contributed by atoms with Gasteiger partial charge in [-0.25, -0.2) is 5.43 Å². The van der Waals surface area contributed by atoms with E-state index in [2.05, 4.69) is 27.6 Å². The minimum Gasteiger partial charge on any atom is -0.355 e. The van der Waals surface area contributed by atoms with Crippen LogP contribution in [0.15, 0.2) is 24.3 Å². The van der Waals surface area contributed by atoms with Crippen LogP contribution in [0.5, 0.6) is 0 Å². The molecule has 7 nitrogen and oxygen atoms in total. The summed E-state index contributed by atoms with van der Waals surface area (Å²) in [5.74, 6) is 0.445. The minimum atomic E-state index is -0.200. The number of anilines is 1. The lowest BCUT2D eigenvalue weighted by Gasteiger charge is -2.27. The number of carbonyl (C=O) groups excluding carboxylic acids is 2. The van der Waals surface area contributed by atoms with Gasteiger partial charge in [0.25, 0.3) is 0 Å². The predicted octanol–water partition coefficient (Wildman–Crippen LogP) is 0.348. The SMILES string of the molecule is Cl.O=C(NCCCC(=O)N1CCc2ccccc21)C1NNC2CCNCC21. The van der Waals surface area contributed by atoms with Gasteiger partial charge in [-0.1, -0.05) is 18.2 Å². The molecule has 1 aromatic carbocycles. The van der Waals surface area contributed by atoms with Crippen LogP contribution in [-0.2, 0) is 16.0 Å². The first kappa shape index (κ1) is 20.1. The number of hydrogen-bond acceptors (Lipinski definition) is 5. The molecule has 4 N–H and O–H groups in total. The van der Waals surface area contributed by atoms with Gasteiger partial charge in [0, 0.05) is 43.7 Å². The molecule has 0 spiro atoms. The molecule has 148 valence electrons. The first-order valence-electron chi connectivity index (χ1n) is 9.62. The fourth-order valence-corrected chi connectivity index (χ4v) is 4.27. The van der Waals surface area contributed by atoms with Crippen LogP contribution in [-0.4, -0.2) is 50.1 Å². The van der Waals surface area contributed by atoms with Gasteiger partial charge in [0.1, 0.15) is 6.04 Å². The summed E-state index contributed by atoms with van der Waals surface area (Å²) in [6.07, 6.45) is 3.08. The summed E-state index contributed by atoms with van der Waals surface area (Å²) >= 11 is 0. The highest BCUT2D eigenvalue weighted by molar-refractivity contribution is 5.95. The van der Waals surface area contributed by atoms with Crippen molar-refractivity contribution in [2.45, 2.75) is 37.8 Å². The van der Waals surface area contributed by atoms with E-state index in [4.69, 9.17) is 0 Å². The maximum absolute atomic E-state index is 12.5. The van der Waals surface area contributed by atoms with E-state index in [1.807, 2.05) is 23.1 Å². The van der Waals surface area contributed by atoms with Crippen LogP contribution >= 0.6 is 12.4 Å². The summed E-state index contributed by atoms with van der Waals surface area (Å²) < 4.78 is 0. The molecule has 0 aliphatic carbocycles. The van der Waals surface area contributed by atoms with E-state index in [-0.39, 0.29) is 36.2 Å². The van der Waals surface area contributed by atoms with Gasteiger partial charge in [-0.15, -0.1) is 12.4 Å². The number of benzene rings is 1.